The number of nitrogens with zero attached hydrogens (tertiary/aromatic N) is 1. The predicted octanol–water partition coefficient (Wildman–Crippen LogP) is 3.86. The lowest BCUT2D eigenvalue weighted by Crippen LogP contribution is -2.31. The van der Waals surface area contributed by atoms with E-state index in [-0.39, 0.29) is 5.91 Å². The minimum Gasteiger partial charge on any atom is -0.493 e. The Kier molecular flexibility index (Phi) is 7.09. The average Bonchev–Trinajstić information content (AvgIpc) is 2.69. The minimum atomic E-state index is 0.0323. The Balaban J connectivity index is 2.16. The molecular weight excluding hydrogens is 330 g/mol. The van der Waals surface area contributed by atoms with Gasteiger partial charge in [-0.25, -0.2) is 0 Å². The maximum absolute atomic E-state index is 12.7. The van der Waals surface area contributed by atoms with Crippen LogP contribution in [0.2, 0.25) is 0 Å². The van der Waals surface area contributed by atoms with Gasteiger partial charge in [-0.1, -0.05) is 24.3 Å². The fraction of sp³-hybridized carbons (Fsp3) is 0.286. The predicted molar refractivity (Wildman–Crippen MR) is 103 cm³/mol. The van der Waals surface area contributed by atoms with E-state index in [0.717, 1.165) is 11.3 Å². The lowest BCUT2D eigenvalue weighted by Gasteiger charge is -2.21. The van der Waals surface area contributed by atoms with Crippen LogP contribution in [0.3, 0.4) is 0 Å². The smallest absolute Gasteiger partial charge is 0.227 e. The SMILES string of the molecule is C=CCN(C(=O)CCc1cc(OC)c(OC)c(OC)c1)c1ccccc1. The summed E-state index contributed by atoms with van der Waals surface area (Å²) >= 11 is 0. The molecule has 2 aromatic rings. The number of aryl methyl sites for hydroxylation is 1. The molecule has 0 spiro atoms. The molecule has 0 saturated heterocycles. The second-order valence-electron chi connectivity index (χ2n) is 5.66. The molecule has 0 fully saturated rings. The van der Waals surface area contributed by atoms with Gasteiger partial charge in [0.2, 0.25) is 11.7 Å². The number of carbonyl (C=O) groups is 1. The Hall–Kier alpha value is -2.95. The van der Waals surface area contributed by atoms with E-state index in [0.29, 0.717) is 36.6 Å². The lowest BCUT2D eigenvalue weighted by atomic mass is 10.1. The van der Waals surface area contributed by atoms with Crippen LogP contribution in [-0.4, -0.2) is 33.8 Å². The molecule has 2 rings (SSSR count). The zero-order valence-corrected chi connectivity index (χ0v) is 15.5. The number of ether oxygens (including phenoxy) is 3. The third-order valence-corrected chi connectivity index (χ3v) is 4.03. The molecule has 0 unspecified atom stereocenters. The fourth-order valence-corrected chi connectivity index (χ4v) is 2.75. The zero-order chi connectivity index (χ0) is 18.9. The van der Waals surface area contributed by atoms with Crippen molar-refractivity contribution in [2.75, 3.05) is 32.8 Å². The molecule has 0 aromatic heterocycles. The number of carbonyl (C=O) groups excluding carboxylic acids is 1. The molecule has 138 valence electrons. The van der Waals surface area contributed by atoms with Crippen LogP contribution in [0, 0.1) is 0 Å². The highest BCUT2D eigenvalue weighted by Gasteiger charge is 2.17. The van der Waals surface area contributed by atoms with Crippen LogP contribution in [0.25, 0.3) is 0 Å². The van der Waals surface area contributed by atoms with Gasteiger partial charge in [-0.05, 0) is 36.2 Å². The molecule has 0 aliphatic carbocycles. The maximum Gasteiger partial charge on any atom is 0.227 e. The second kappa shape index (κ2) is 9.51. The summed E-state index contributed by atoms with van der Waals surface area (Å²) in [6.45, 7) is 4.22. The highest BCUT2D eigenvalue weighted by molar-refractivity contribution is 5.93. The number of anilines is 1. The minimum absolute atomic E-state index is 0.0323. The summed E-state index contributed by atoms with van der Waals surface area (Å²) in [5.74, 6) is 1.74. The average molecular weight is 355 g/mol. The van der Waals surface area contributed by atoms with Crippen molar-refractivity contribution < 1.29 is 19.0 Å². The number of amides is 1. The van der Waals surface area contributed by atoms with Gasteiger partial charge in [0.1, 0.15) is 0 Å². The van der Waals surface area contributed by atoms with Gasteiger partial charge in [0.05, 0.1) is 21.3 Å². The summed E-state index contributed by atoms with van der Waals surface area (Å²) in [4.78, 5) is 14.5. The van der Waals surface area contributed by atoms with E-state index in [2.05, 4.69) is 6.58 Å². The Morgan fingerprint density at radius 1 is 1.04 bits per heavy atom. The van der Waals surface area contributed by atoms with E-state index < -0.39 is 0 Å². The molecular formula is C21H25NO4. The Labute approximate surface area is 154 Å². The third-order valence-electron chi connectivity index (χ3n) is 4.03. The van der Waals surface area contributed by atoms with Gasteiger partial charge < -0.3 is 19.1 Å². The van der Waals surface area contributed by atoms with E-state index in [1.54, 1.807) is 32.3 Å². The quantitative estimate of drug-likeness (QED) is 0.641. The third kappa shape index (κ3) is 4.57. The van der Waals surface area contributed by atoms with Crippen molar-refractivity contribution in [3.05, 3.63) is 60.7 Å². The first-order valence-corrected chi connectivity index (χ1v) is 8.39. The van der Waals surface area contributed by atoms with Crippen LogP contribution < -0.4 is 19.1 Å². The van der Waals surface area contributed by atoms with Gasteiger partial charge in [-0.2, -0.15) is 0 Å². The maximum atomic E-state index is 12.7. The van der Waals surface area contributed by atoms with Gasteiger partial charge in [0.25, 0.3) is 0 Å². The highest BCUT2D eigenvalue weighted by atomic mass is 16.5. The van der Waals surface area contributed by atoms with Crippen molar-refractivity contribution in [2.45, 2.75) is 12.8 Å². The van der Waals surface area contributed by atoms with Gasteiger partial charge in [-0.3, -0.25) is 4.79 Å². The molecule has 0 saturated carbocycles. The largest absolute Gasteiger partial charge is 0.493 e. The number of para-hydroxylation sites is 1. The molecule has 0 N–H and O–H groups in total. The van der Waals surface area contributed by atoms with E-state index in [9.17, 15) is 4.79 Å². The van der Waals surface area contributed by atoms with Crippen molar-refractivity contribution in [3.8, 4) is 17.2 Å². The van der Waals surface area contributed by atoms with Crippen LogP contribution >= 0.6 is 0 Å². The van der Waals surface area contributed by atoms with Crippen molar-refractivity contribution in [1.82, 2.24) is 0 Å². The van der Waals surface area contributed by atoms with Crippen molar-refractivity contribution >= 4 is 11.6 Å². The Morgan fingerprint density at radius 3 is 2.15 bits per heavy atom. The molecule has 26 heavy (non-hydrogen) atoms. The molecule has 0 bridgehead atoms. The summed E-state index contributed by atoms with van der Waals surface area (Å²) < 4.78 is 16.1. The summed E-state index contributed by atoms with van der Waals surface area (Å²) in [5.41, 5.74) is 1.81. The lowest BCUT2D eigenvalue weighted by molar-refractivity contribution is -0.118. The normalized spacial score (nSPS) is 10.1. The van der Waals surface area contributed by atoms with Gasteiger partial charge in [-0.15, -0.1) is 6.58 Å². The van der Waals surface area contributed by atoms with Crippen LogP contribution in [0.4, 0.5) is 5.69 Å². The Morgan fingerprint density at radius 2 is 1.65 bits per heavy atom. The van der Waals surface area contributed by atoms with Gasteiger partial charge in [0, 0.05) is 18.7 Å². The summed E-state index contributed by atoms with van der Waals surface area (Å²) in [6.07, 6.45) is 2.65. The number of hydrogen-bond acceptors (Lipinski definition) is 4. The Bertz CT molecular complexity index is 718. The number of rotatable bonds is 9. The summed E-state index contributed by atoms with van der Waals surface area (Å²) in [7, 11) is 4.72. The van der Waals surface area contributed by atoms with E-state index >= 15 is 0 Å². The topological polar surface area (TPSA) is 48.0 Å². The van der Waals surface area contributed by atoms with Crippen LogP contribution in [-0.2, 0) is 11.2 Å². The van der Waals surface area contributed by atoms with Crippen LogP contribution in [0.1, 0.15) is 12.0 Å². The van der Waals surface area contributed by atoms with E-state index in [1.165, 1.54) is 0 Å². The summed E-state index contributed by atoms with van der Waals surface area (Å²) in [5, 5.41) is 0. The second-order valence-corrected chi connectivity index (χ2v) is 5.66. The van der Waals surface area contributed by atoms with Crippen molar-refractivity contribution in [1.29, 1.82) is 0 Å². The molecule has 0 aliphatic heterocycles. The molecule has 5 heteroatoms. The van der Waals surface area contributed by atoms with Crippen molar-refractivity contribution in [2.24, 2.45) is 0 Å². The standard InChI is InChI=1S/C21H25NO4/c1-5-13-22(17-9-7-6-8-10-17)20(23)12-11-16-14-18(24-2)21(26-4)19(15-16)25-3/h5-10,14-15H,1,11-13H2,2-4H3. The first-order chi connectivity index (χ1) is 12.6. The molecule has 0 aliphatic rings. The molecule has 5 nitrogen and oxygen atoms in total. The van der Waals surface area contributed by atoms with Gasteiger partial charge in [0.15, 0.2) is 11.5 Å². The molecule has 0 atom stereocenters. The fourth-order valence-electron chi connectivity index (χ4n) is 2.75. The molecule has 0 radical (unpaired) electrons. The van der Waals surface area contributed by atoms with Crippen molar-refractivity contribution in [3.63, 3.8) is 0 Å². The monoisotopic (exact) mass is 355 g/mol. The van der Waals surface area contributed by atoms with E-state index in [4.69, 9.17) is 14.2 Å². The van der Waals surface area contributed by atoms with Crippen LogP contribution in [0.15, 0.2) is 55.1 Å². The number of hydrogen-bond donors (Lipinski definition) is 0. The molecule has 0 heterocycles. The first-order valence-electron chi connectivity index (χ1n) is 8.39. The molecule has 2 aromatic carbocycles. The molecule has 1 amide bonds. The van der Waals surface area contributed by atoms with E-state index in [1.807, 2.05) is 42.5 Å². The van der Waals surface area contributed by atoms with Crippen LogP contribution in [0.5, 0.6) is 17.2 Å². The first kappa shape index (κ1) is 19.4. The zero-order valence-electron chi connectivity index (χ0n) is 15.5. The van der Waals surface area contributed by atoms with Gasteiger partial charge >= 0.3 is 0 Å². The summed E-state index contributed by atoms with van der Waals surface area (Å²) in [6, 6.07) is 13.3. The number of methoxy groups -OCH3 is 3. The number of benzene rings is 2. The highest BCUT2D eigenvalue weighted by Crippen LogP contribution is 2.38.